The molecular weight excluding hydrogens is 216 g/mol. The van der Waals surface area contributed by atoms with E-state index in [0.717, 1.165) is 12.8 Å². The van der Waals surface area contributed by atoms with Crippen LogP contribution >= 0.6 is 0 Å². The van der Waals surface area contributed by atoms with Gasteiger partial charge < -0.3 is 9.84 Å². The van der Waals surface area contributed by atoms with Crippen LogP contribution in [-0.2, 0) is 16.0 Å². The summed E-state index contributed by atoms with van der Waals surface area (Å²) in [5.74, 6) is -0.760. The number of rotatable bonds is 8. The molecule has 3 nitrogen and oxygen atoms in total. The second kappa shape index (κ2) is 7.85. The van der Waals surface area contributed by atoms with Crippen molar-refractivity contribution in [1.82, 2.24) is 0 Å². The summed E-state index contributed by atoms with van der Waals surface area (Å²) in [5, 5.41) is 8.53. The van der Waals surface area contributed by atoms with Gasteiger partial charge >= 0.3 is 5.97 Å². The second-order valence-corrected chi connectivity index (χ2v) is 4.20. The normalized spacial score (nSPS) is 12.3. The highest BCUT2D eigenvalue weighted by molar-refractivity contribution is 5.66. The van der Waals surface area contributed by atoms with Crippen molar-refractivity contribution in [3.05, 3.63) is 35.9 Å². The SMILES string of the molecule is CC(CCC(=O)O)OCCCc1ccccc1. The third kappa shape index (κ3) is 6.74. The predicted octanol–water partition coefficient (Wildman–Crippen LogP) is 2.89. The number of carboxylic acids is 1. The van der Waals surface area contributed by atoms with Gasteiger partial charge in [-0.05, 0) is 31.7 Å². The lowest BCUT2D eigenvalue weighted by atomic mass is 10.1. The minimum atomic E-state index is -0.760. The zero-order valence-corrected chi connectivity index (χ0v) is 10.3. The minimum absolute atomic E-state index is 0.0295. The van der Waals surface area contributed by atoms with Crippen LogP contribution in [0.4, 0.5) is 0 Å². The van der Waals surface area contributed by atoms with Crippen LogP contribution in [0, 0.1) is 0 Å². The summed E-state index contributed by atoms with van der Waals surface area (Å²) in [6.45, 7) is 2.61. The fourth-order valence-corrected chi connectivity index (χ4v) is 1.62. The van der Waals surface area contributed by atoms with Crippen molar-refractivity contribution >= 4 is 5.97 Å². The van der Waals surface area contributed by atoms with E-state index in [-0.39, 0.29) is 12.5 Å². The maximum absolute atomic E-state index is 10.4. The van der Waals surface area contributed by atoms with Crippen molar-refractivity contribution in [3.8, 4) is 0 Å². The molecule has 0 aliphatic rings. The first kappa shape index (κ1) is 13.7. The Kier molecular flexibility index (Phi) is 6.33. The fraction of sp³-hybridized carbons (Fsp3) is 0.500. The van der Waals surface area contributed by atoms with Gasteiger partial charge in [0.25, 0.3) is 0 Å². The molecule has 1 atom stereocenters. The van der Waals surface area contributed by atoms with E-state index in [1.807, 2.05) is 25.1 Å². The van der Waals surface area contributed by atoms with E-state index in [1.54, 1.807) is 0 Å². The molecule has 0 bridgehead atoms. The van der Waals surface area contributed by atoms with E-state index >= 15 is 0 Å². The van der Waals surface area contributed by atoms with E-state index < -0.39 is 5.97 Å². The molecule has 1 N–H and O–H groups in total. The maximum atomic E-state index is 10.4. The highest BCUT2D eigenvalue weighted by Crippen LogP contribution is 2.05. The topological polar surface area (TPSA) is 46.5 Å². The van der Waals surface area contributed by atoms with Crippen molar-refractivity contribution in [2.24, 2.45) is 0 Å². The summed E-state index contributed by atoms with van der Waals surface area (Å²) < 4.78 is 5.55. The van der Waals surface area contributed by atoms with Gasteiger partial charge in [-0.15, -0.1) is 0 Å². The van der Waals surface area contributed by atoms with Gasteiger partial charge in [-0.25, -0.2) is 0 Å². The standard InChI is InChI=1S/C14H20O3/c1-12(9-10-14(15)16)17-11-5-8-13-6-3-2-4-7-13/h2-4,6-7,12H,5,8-11H2,1H3,(H,15,16). The zero-order chi connectivity index (χ0) is 12.5. The Labute approximate surface area is 102 Å². The first-order chi connectivity index (χ1) is 8.18. The van der Waals surface area contributed by atoms with Crippen molar-refractivity contribution in [2.75, 3.05) is 6.61 Å². The van der Waals surface area contributed by atoms with Crippen molar-refractivity contribution in [1.29, 1.82) is 0 Å². The van der Waals surface area contributed by atoms with Crippen LogP contribution in [0.15, 0.2) is 30.3 Å². The van der Waals surface area contributed by atoms with Crippen LogP contribution in [0.5, 0.6) is 0 Å². The predicted molar refractivity (Wildman–Crippen MR) is 67.0 cm³/mol. The molecular formula is C14H20O3. The largest absolute Gasteiger partial charge is 0.481 e. The van der Waals surface area contributed by atoms with Gasteiger partial charge in [-0.3, -0.25) is 4.79 Å². The molecule has 17 heavy (non-hydrogen) atoms. The number of aliphatic carboxylic acids is 1. The van der Waals surface area contributed by atoms with Crippen LogP contribution in [0.3, 0.4) is 0 Å². The van der Waals surface area contributed by atoms with E-state index in [2.05, 4.69) is 12.1 Å². The Morgan fingerprint density at radius 2 is 2.06 bits per heavy atom. The number of hydrogen-bond acceptors (Lipinski definition) is 2. The molecule has 0 saturated carbocycles. The molecule has 1 unspecified atom stereocenters. The summed E-state index contributed by atoms with van der Waals surface area (Å²) >= 11 is 0. The smallest absolute Gasteiger partial charge is 0.303 e. The molecule has 94 valence electrons. The van der Waals surface area contributed by atoms with E-state index in [9.17, 15) is 4.79 Å². The number of benzene rings is 1. The number of carbonyl (C=O) groups is 1. The molecule has 0 aromatic heterocycles. The molecule has 0 aliphatic heterocycles. The first-order valence-electron chi connectivity index (χ1n) is 6.06. The summed E-state index contributed by atoms with van der Waals surface area (Å²) in [7, 11) is 0. The van der Waals surface area contributed by atoms with Crippen LogP contribution in [-0.4, -0.2) is 23.8 Å². The summed E-state index contributed by atoms with van der Waals surface area (Å²) in [6.07, 6.45) is 2.77. The third-order valence-electron chi connectivity index (χ3n) is 2.62. The summed E-state index contributed by atoms with van der Waals surface area (Å²) in [5.41, 5.74) is 1.31. The Morgan fingerprint density at radius 3 is 2.71 bits per heavy atom. The Hall–Kier alpha value is -1.35. The Bertz CT molecular complexity index is 321. The molecule has 0 fully saturated rings. The molecule has 1 aromatic rings. The van der Waals surface area contributed by atoms with Gasteiger partial charge in [0.1, 0.15) is 0 Å². The van der Waals surface area contributed by atoms with Crippen LogP contribution in [0.25, 0.3) is 0 Å². The fourth-order valence-electron chi connectivity index (χ4n) is 1.62. The number of ether oxygens (including phenoxy) is 1. The molecule has 0 radical (unpaired) electrons. The second-order valence-electron chi connectivity index (χ2n) is 4.20. The molecule has 0 aliphatic carbocycles. The lowest BCUT2D eigenvalue weighted by Gasteiger charge is -2.11. The molecule has 1 aromatic carbocycles. The molecule has 0 spiro atoms. The van der Waals surface area contributed by atoms with Gasteiger partial charge in [0.2, 0.25) is 0 Å². The van der Waals surface area contributed by atoms with Crippen molar-refractivity contribution in [3.63, 3.8) is 0 Å². The third-order valence-corrected chi connectivity index (χ3v) is 2.62. The molecule has 1 rings (SSSR count). The quantitative estimate of drug-likeness (QED) is 0.706. The lowest BCUT2D eigenvalue weighted by molar-refractivity contribution is -0.137. The van der Waals surface area contributed by atoms with E-state index in [4.69, 9.17) is 9.84 Å². The lowest BCUT2D eigenvalue weighted by Crippen LogP contribution is -2.11. The molecule has 0 amide bonds. The molecule has 0 saturated heterocycles. The Morgan fingerprint density at radius 1 is 1.35 bits per heavy atom. The number of aryl methyl sites for hydroxylation is 1. The van der Waals surface area contributed by atoms with Gasteiger partial charge in [-0.2, -0.15) is 0 Å². The van der Waals surface area contributed by atoms with E-state index in [0.29, 0.717) is 13.0 Å². The summed E-state index contributed by atoms with van der Waals surface area (Å²) in [4.78, 5) is 10.4. The average molecular weight is 236 g/mol. The van der Waals surface area contributed by atoms with Gasteiger partial charge in [0.05, 0.1) is 6.10 Å². The zero-order valence-electron chi connectivity index (χ0n) is 10.3. The van der Waals surface area contributed by atoms with Crippen LogP contribution in [0.2, 0.25) is 0 Å². The minimum Gasteiger partial charge on any atom is -0.481 e. The van der Waals surface area contributed by atoms with E-state index in [1.165, 1.54) is 5.56 Å². The maximum Gasteiger partial charge on any atom is 0.303 e. The summed E-state index contributed by atoms with van der Waals surface area (Å²) in [6, 6.07) is 10.3. The highest BCUT2D eigenvalue weighted by Gasteiger charge is 2.05. The monoisotopic (exact) mass is 236 g/mol. The van der Waals surface area contributed by atoms with Gasteiger partial charge in [0.15, 0.2) is 0 Å². The first-order valence-corrected chi connectivity index (χ1v) is 6.06. The van der Waals surface area contributed by atoms with Crippen LogP contribution < -0.4 is 0 Å². The van der Waals surface area contributed by atoms with Gasteiger partial charge in [-0.1, -0.05) is 30.3 Å². The number of carboxylic acid groups (broad SMARTS) is 1. The highest BCUT2D eigenvalue weighted by atomic mass is 16.5. The molecule has 3 heteroatoms. The van der Waals surface area contributed by atoms with Gasteiger partial charge in [0, 0.05) is 13.0 Å². The van der Waals surface area contributed by atoms with Crippen molar-refractivity contribution < 1.29 is 14.6 Å². The average Bonchev–Trinajstić information content (AvgIpc) is 2.33. The number of hydrogen-bond donors (Lipinski definition) is 1. The van der Waals surface area contributed by atoms with Crippen molar-refractivity contribution in [2.45, 2.75) is 38.7 Å². The molecule has 0 heterocycles. The van der Waals surface area contributed by atoms with Crippen LogP contribution in [0.1, 0.15) is 31.7 Å². The Balaban J connectivity index is 2.06.